The molecule has 104 valence electrons. The quantitative estimate of drug-likeness (QED) is 0.845. The first-order valence-electron chi connectivity index (χ1n) is 6.88. The minimum absolute atomic E-state index is 0.158. The second-order valence-electron chi connectivity index (χ2n) is 5.47. The van der Waals surface area contributed by atoms with E-state index >= 15 is 0 Å². The Hall–Kier alpha value is -1.71. The Morgan fingerprint density at radius 3 is 2.89 bits per heavy atom. The van der Waals surface area contributed by atoms with Gasteiger partial charge in [0.15, 0.2) is 0 Å². The first kappa shape index (κ1) is 13.7. The first-order valence-corrected chi connectivity index (χ1v) is 6.88. The third-order valence-electron chi connectivity index (χ3n) is 3.88. The predicted octanol–water partition coefficient (Wildman–Crippen LogP) is 1.89. The zero-order valence-corrected chi connectivity index (χ0v) is 12.0. The van der Waals surface area contributed by atoms with Crippen LogP contribution < -0.4 is 10.6 Å². The average Bonchev–Trinajstić information content (AvgIpc) is 2.39. The zero-order chi connectivity index (χ0) is 14.0. The Kier molecular flexibility index (Phi) is 3.98. The van der Waals surface area contributed by atoms with Crippen LogP contribution in [-0.4, -0.2) is 37.0 Å². The van der Waals surface area contributed by atoms with Crippen LogP contribution in [0.25, 0.3) is 0 Å². The molecule has 4 nitrogen and oxygen atoms in total. The summed E-state index contributed by atoms with van der Waals surface area (Å²) in [6.45, 7) is 5.42. The van der Waals surface area contributed by atoms with Gasteiger partial charge in [-0.15, -0.1) is 0 Å². The predicted molar refractivity (Wildman–Crippen MR) is 79.3 cm³/mol. The number of fused-ring (bicyclic) bond motifs is 1. The fourth-order valence-corrected chi connectivity index (χ4v) is 2.45. The number of amides is 1. The summed E-state index contributed by atoms with van der Waals surface area (Å²) in [6.07, 6.45) is 2.06. The van der Waals surface area contributed by atoms with Gasteiger partial charge in [0, 0.05) is 31.0 Å². The van der Waals surface area contributed by atoms with Gasteiger partial charge in [-0.05, 0) is 44.4 Å². The first-order chi connectivity index (χ1) is 9.00. The van der Waals surface area contributed by atoms with Gasteiger partial charge < -0.3 is 15.5 Å². The standard InChI is InChI=1S/C15H23N3O/c1-11(2)17(3)15(19)10-18-9-5-6-12-13(16)7-4-8-14(12)18/h4,7-8,11H,5-6,9-10,16H2,1-3H3. The molecule has 1 amide bonds. The van der Waals surface area contributed by atoms with Crippen LogP contribution in [0.5, 0.6) is 0 Å². The van der Waals surface area contributed by atoms with Crippen molar-refractivity contribution in [2.24, 2.45) is 0 Å². The molecule has 0 saturated heterocycles. The molecule has 1 heterocycles. The highest BCUT2D eigenvalue weighted by atomic mass is 16.2. The molecular formula is C15H23N3O. The number of benzene rings is 1. The highest BCUT2D eigenvalue weighted by molar-refractivity contribution is 5.82. The highest BCUT2D eigenvalue weighted by Gasteiger charge is 2.22. The molecule has 2 N–H and O–H groups in total. The second kappa shape index (κ2) is 5.51. The monoisotopic (exact) mass is 261 g/mol. The molecule has 0 aliphatic carbocycles. The topological polar surface area (TPSA) is 49.6 Å². The zero-order valence-electron chi connectivity index (χ0n) is 12.0. The molecule has 0 atom stereocenters. The van der Waals surface area contributed by atoms with Crippen molar-refractivity contribution in [3.63, 3.8) is 0 Å². The van der Waals surface area contributed by atoms with Crippen molar-refractivity contribution in [1.82, 2.24) is 4.90 Å². The van der Waals surface area contributed by atoms with E-state index in [0.717, 1.165) is 30.8 Å². The SMILES string of the molecule is CC(C)N(C)C(=O)CN1CCCc2c(N)cccc21. The maximum atomic E-state index is 12.2. The molecule has 2 rings (SSSR count). The molecule has 0 spiro atoms. The Bertz CT molecular complexity index is 470. The van der Waals surface area contributed by atoms with Crippen molar-refractivity contribution in [2.75, 3.05) is 30.8 Å². The number of hydrogen-bond acceptors (Lipinski definition) is 3. The van der Waals surface area contributed by atoms with E-state index in [-0.39, 0.29) is 11.9 Å². The van der Waals surface area contributed by atoms with Crippen LogP contribution in [0.4, 0.5) is 11.4 Å². The summed E-state index contributed by atoms with van der Waals surface area (Å²) >= 11 is 0. The number of carbonyl (C=O) groups excluding carboxylic acids is 1. The van der Waals surface area contributed by atoms with E-state index in [2.05, 4.69) is 11.0 Å². The molecule has 0 aromatic heterocycles. The van der Waals surface area contributed by atoms with E-state index in [1.165, 1.54) is 5.56 Å². The maximum absolute atomic E-state index is 12.2. The van der Waals surface area contributed by atoms with Crippen LogP contribution in [-0.2, 0) is 11.2 Å². The minimum Gasteiger partial charge on any atom is -0.398 e. The lowest BCUT2D eigenvalue weighted by molar-refractivity contribution is -0.129. The van der Waals surface area contributed by atoms with Gasteiger partial charge in [0.05, 0.1) is 6.54 Å². The molecule has 0 fully saturated rings. The number of rotatable bonds is 3. The second-order valence-corrected chi connectivity index (χ2v) is 5.47. The third kappa shape index (κ3) is 2.83. The third-order valence-corrected chi connectivity index (χ3v) is 3.88. The average molecular weight is 261 g/mol. The lowest BCUT2D eigenvalue weighted by atomic mass is 10.00. The molecule has 19 heavy (non-hydrogen) atoms. The van der Waals surface area contributed by atoms with Gasteiger partial charge in [0.1, 0.15) is 0 Å². The number of nitrogens with two attached hydrogens (primary N) is 1. The van der Waals surface area contributed by atoms with Gasteiger partial charge in [0.2, 0.25) is 5.91 Å². The summed E-state index contributed by atoms with van der Waals surface area (Å²) in [6, 6.07) is 6.19. The van der Waals surface area contributed by atoms with Crippen molar-refractivity contribution in [2.45, 2.75) is 32.7 Å². The van der Waals surface area contributed by atoms with Crippen LogP contribution in [0.3, 0.4) is 0 Å². The Morgan fingerprint density at radius 2 is 2.21 bits per heavy atom. The molecule has 1 aliphatic rings. The van der Waals surface area contributed by atoms with Gasteiger partial charge in [0.25, 0.3) is 0 Å². The molecule has 1 aromatic rings. The maximum Gasteiger partial charge on any atom is 0.242 e. The summed E-state index contributed by atoms with van der Waals surface area (Å²) in [5.41, 5.74) is 9.17. The summed E-state index contributed by atoms with van der Waals surface area (Å²) in [7, 11) is 1.86. The van der Waals surface area contributed by atoms with Crippen molar-refractivity contribution in [3.8, 4) is 0 Å². The number of likely N-dealkylation sites (N-methyl/N-ethyl adjacent to an activating group) is 1. The van der Waals surface area contributed by atoms with Gasteiger partial charge in [-0.2, -0.15) is 0 Å². The summed E-state index contributed by atoms with van der Waals surface area (Å²) in [5.74, 6) is 0.158. The smallest absolute Gasteiger partial charge is 0.242 e. The van der Waals surface area contributed by atoms with E-state index in [0.29, 0.717) is 6.54 Å². The number of nitrogen functional groups attached to an aromatic ring is 1. The molecular weight excluding hydrogens is 238 g/mol. The molecule has 0 radical (unpaired) electrons. The van der Waals surface area contributed by atoms with Crippen molar-refractivity contribution in [3.05, 3.63) is 23.8 Å². The van der Waals surface area contributed by atoms with Gasteiger partial charge in [-0.25, -0.2) is 0 Å². The van der Waals surface area contributed by atoms with Gasteiger partial charge >= 0.3 is 0 Å². The lowest BCUT2D eigenvalue weighted by Crippen LogP contribution is -2.43. The Labute approximate surface area is 115 Å². The number of hydrogen-bond donors (Lipinski definition) is 1. The summed E-state index contributed by atoms with van der Waals surface area (Å²) in [4.78, 5) is 16.1. The van der Waals surface area contributed by atoms with E-state index in [4.69, 9.17) is 5.73 Å². The van der Waals surface area contributed by atoms with E-state index in [1.54, 1.807) is 4.90 Å². The van der Waals surface area contributed by atoms with Gasteiger partial charge in [-0.3, -0.25) is 4.79 Å². The lowest BCUT2D eigenvalue weighted by Gasteiger charge is -2.33. The summed E-state index contributed by atoms with van der Waals surface area (Å²) in [5, 5.41) is 0. The molecule has 1 aliphatic heterocycles. The van der Waals surface area contributed by atoms with Crippen LogP contribution >= 0.6 is 0 Å². The Balaban J connectivity index is 2.16. The Morgan fingerprint density at radius 1 is 1.47 bits per heavy atom. The summed E-state index contributed by atoms with van der Waals surface area (Å²) < 4.78 is 0. The van der Waals surface area contributed by atoms with E-state index < -0.39 is 0 Å². The van der Waals surface area contributed by atoms with Crippen LogP contribution in [0, 0.1) is 0 Å². The molecule has 1 aromatic carbocycles. The van der Waals surface area contributed by atoms with Crippen LogP contribution in [0.15, 0.2) is 18.2 Å². The molecule has 0 unspecified atom stereocenters. The van der Waals surface area contributed by atoms with E-state index in [1.807, 2.05) is 33.0 Å². The van der Waals surface area contributed by atoms with Crippen molar-refractivity contribution < 1.29 is 4.79 Å². The van der Waals surface area contributed by atoms with Gasteiger partial charge in [-0.1, -0.05) is 6.07 Å². The number of nitrogens with zero attached hydrogens (tertiary/aromatic N) is 2. The fourth-order valence-electron chi connectivity index (χ4n) is 2.45. The minimum atomic E-state index is 0.158. The molecule has 4 heteroatoms. The van der Waals surface area contributed by atoms with E-state index in [9.17, 15) is 4.79 Å². The molecule has 0 saturated carbocycles. The van der Waals surface area contributed by atoms with Crippen LogP contribution in [0.2, 0.25) is 0 Å². The number of carbonyl (C=O) groups is 1. The highest BCUT2D eigenvalue weighted by Crippen LogP contribution is 2.31. The number of anilines is 2. The van der Waals surface area contributed by atoms with Crippen LogP contribution in [0.1, 0.15) is 25.8 Å². The van der Waals surface area contributed by atoms with Crippen molar-refractivity contribution >= 4 is 17.3 Å². The largest absolute Gasteiger partial charge is 0.398 e. The normalized spacial score (nSPS) is 14.4. The fraction of sp³-hybridized carbons (Fsp3) is 0.533. The van der Waals surface area contributed by atoms with Crippen molar-refractivity contribution in [1.29, 1.82) is 0 Å². The molecule has 0 bridgehead atoms.